The number of pyridine rings is 1. The van der Waals surface area contributed by atoms with Crippen LogP contribution in [-0.2, 0) is 4.79 Å². The van der Waals surface area contributed by atoms with E-state index in [1.54, 1.807) is 0 Å². The second-order valence-corrected chi connectivity index (χ2v) is 10.6. The van der Waals surface area contributed by atoms with Gasteiger partial charge in [0.15, 0.2) is 0 Å². The fraction of sp³-hybridized carbons (Fsp3) is 0.750. The highest BCUT2D eigenvalue weighted by atomic mass is 16.2. The Morgan fingerprint density at radius 1 is 1.00 bits per heavy atom. The van der Waals surface area contributed by atoms with Crippen LogP contribution in [0.1, 0.15) is 51.6 Å². The third kappa shape index (κ3) is 3.56. The van der Waals surface area contributed by atoms with Crippen molar-refractivity contribution < 1.29 is 4.79 Å². The molecule has 5 aliphatic rings. The molecule has 1 aromatic rings. The number of nitrogens with one attached hydrogen (secondary N) is 1. The number of carbonyl (C=O) groups excluding carboxylic acids is 1. The molecule has 1 aromatic heterocycles. The summed E-state index contributed by atoms with van der Waals surface area (Å²) in [5.41, 5.74) is 0.598. The van der Waals surface area contributed by atoms with Crippen molar-refractivity contribution in [2.24, 2.45) is 23.7 Å². The van der Waals surface area contributed by atoms with Crippen LogP contribution in [0.25, 0.3) is 0 Å². The zero-order valence-electron chi connectivity index (χ0n) is 18.2. The average molecular weight is 397 g/mol. The first-order valence-electron chi connectivity index (χ1n) is 11.6. The first-order valence-corrected chi connectivity index (χ1v) is 11.6. The monoisotopic (exact) mass is 396 g/mol. The first kappa shape index (κ1) is 19.3. The van der Waals surface area contributed by atoms with E-state index in [9.17, 15) is 4.79 Å². The topological polar surface area (TPSA) is 48.5 Å². The predicted molar refractivity (Wildman–Crippen MR) is 116 cm³/mol. The van der Waals surface area contributed by atoms with E-state index in [2.05, 4.69) is 46.1 Å². The molecular formula is C24H36N4O. The zero-order chi connectivity index (χ0) is 20.2. The van der Waals surface area contributed by atoms with Crippen LogP contribution >= 0.6 is 0 Å². The number of aromatic nitrogens is 1. The molecule has 5 fully saturated rings. The fourth-order valence-corrected chi connectivity index (χ4v) is 6.83. The zero-order valence-corrected chi connectivity index (χ0v) is 18.2. The maximum Gasteiger partial charge on any atom is 0.240 e. The molecule has 158 valence electrons. The maximum absolute atomic E-state index is 13.4. The quantitative estimate of drug-likeness (QED) is 0.849. The fourth-order valence-electron chi connectivity index (χ4n) is 6.83. The summed E-state index contributed by atoms with van der Waals surface area (Å²) >= 11 is 0. The van der Waals surface area contributed by atoms with Crippen molar-refractivity contribution in [1.82, 2.24) is 15.2 Å². The van der Waals surface area contributed by atoms with E-state index in [0.29, 0.717) is 6.04 Å². The summed E-state index contributed by atoms with van der Waals surface area (Å²) in [4.78, 5) is 22.7. The molecule has 5 nitrogen and oxygen atoms in total. The second-order valence-electron chi connectivity index (χ2n) is 10.6. The lowest BCUT2D eigenvalue weighted by atomic mass is 9.54. The minimum absolute atomic E-state index is 0.233. The van der Waals surface area contributed by atoms with Crippen molar-refractivity contribution in [2.75, 3.05) is 31.1 Å². The molecule has 4 bridgehead atoms. The summed E-state index contributed by atoms with van der Waals surface area (Å²) < 4.78 is 0. The highest BCUT2D eigenvalue weighted by Crippen LogP contribution is 2.53. The van der Waals surface area contributed by atoms with Crippen LogP contribution in [0, 0.1) is 30.6 Å². The summed E-state index contributed by atoms with van der Waals surface area (Å²) in [6.07, 6.45) is 6.85. The van der Waals surface area contributed by atoms with E-state index in [0.717, 1.165) is 61.4 Å². The number of amides is 1. The van der Waals surface area contributed by atoms with Gasteiger partial charge in [-0.1, -0.05) is 6.07 Å². The van der Waals surface area contributed by atoms with Crippen LogP contribution in [0.15, 0.2) is 18.2 Å². The van der Waals surface area contributed by atoms with Gasteiger partial charge in [-0.25, -0.2) is 4.98 Å². The molecule has 1 N–H and O–H groups in total. The molecule has 0 atom stereocenters. The third-order valence-electron chi connectivity index (χ3n) is 8.35. The number of anilines is 1. The minimum atomic E-state index is -0.458. The van der Waals surface area contributed by atoms with Gasteiger partial charge in [0.2, 0.25) is 5.91 Å². The Balaban J connectivity index is 1.20. The Hall–Kier alpha value is -1.62. The van der Waals surface area contributed by atoms with Gasteiger partial charge < -0.3 is 10.2 Å². The highest BCUT2D eigenvalue weighted by molar-refractivity contribution is 5.85. The molecule has 1 saturated heterocycles. The predicted octanol–water partition coefficient (Wildman–Crippen LogP) is 3.23. The minimum Gasteiger partial charge on any atom is -0.354 e. The van der Waals surface area contributed by atoms with Gasteiger partial charge in [0.05, 0.1) is 5.54 Å². The largest absolute Gasteiger partial charge is 0.354 e. The molecule has 1 aliphatic heterocycles. The molecule has 5 heteroatoms. The molecule has 0 unspecified atom stereocenters. The van der Waals surface area contributed by atoms with Gasteiger partial charge in [0, 0.05) is 37.9 Å². The van der Waals surface area contributed by atoms with Crippen molar-refractivity contribution in [1.29, 1.82) is 0 Å². The van der Waals surface area contributed by atoms with Crippen molar-refractivity contribution >= 4 is 11.7 Å². The molecule has 4 aliphatic carbocycles. The standard InChI is InChI=1S/C24H36N4O/c1-16-5-4-6-21(25-16)27-7-9-28(10-8-27)24(2,3)23(29)26-22-19-12-17-11-18(14-19)15-20(22)13-17/h4-6,17-20,22H,7-15H2,1-3H3,(H,26,29). The summed E-state index contributed by atoms with van der Waals surface area (Å²) in [6.45, 7) is 9.90. The van der Waals surface area contributed by atoms with Gasteiger partial charge in [0.25, 0.3) is 0 Å². The van der Waals surface area contributed by atoms with Gasteiger partial charge in [0.1, 0.15) is 5.82 Å². The number of aryl methyl sites for hydroxylation is 1. The van der Waals surface area contributed by atoms with Crippen LogP contribution in [0.4, 0.5) is 5.82 Å². The molecule has 2 heterocycles. The number of hydrogen-bond donors (Lipinski definition) is 1. The van der Waals surface area contributed by atoms with E-state index in [1.165, 1.54) is 32.1 Å². The van der Waals surface area contributed by atoms with Crippen LogP contribution in [0.5, 0.6) is 0 Å². The Morgan fingerprint density at radius 3 is 2.21 bits per heavy atom. The lowest BCUT2D eigenvalue weighted by Gasteiger charge is -2.55. The van der Waals surface area contributed by atoms with Gasteiger partial charge in [-0.15, -0.1) is 0 Å². The van der Waals surface area contributed by atoms with Crippen molar-refractivity contribution in [3.05, 3.63) is 23.9 Å². The Morgan fingerprint density at radius 2 is 1.62 bits per heavy atom. The number of carbonyl (C=O) groups is 1. The molecule has 1 amide bonds. The number of piperazine rings is 1. The van der Waals surface area contributed by atoms with E-state index in [1.807, 2.05) is 13.0 Å². The number of nitrogens with zero attached hydrogens (tertiary/aromatic N) is 3. The Kier molecular flexibility index (Phi) is 4.84. The second kappa shape index (κ2) is 7.26. The Labute approximate surface area is 175 Å². The smallest absolute Gasteiger partial charge is 0.240 e. The summed E-state index contributed by atoms with van der Waals surface area (Å²) in [7, 11) is 0. The maximum atomic E-state index is 13.4. The van der Waals surface area contributed by atoms with Crippen LogP contribution in [0.2, 0.25) is 0 Å². The third-order valence-corrected chi connectivity index (χ3v) is 8.35. The molecule has 0 aromatic carbocycles. The first-order chi connectivity index (χ1) is 13.9. The van der Waals surface area contributed by atoms with Crippen LogP contribution < -0.4 is 10.2 Å². The lowest BCUT2D eigenvalue weighted by molar-refractivity contribution is -0.136. The van der Waals surface area contributed by atoms with Crippen LogP contribution in [-0.4, -0.2) is 53.6 Å². The number of hydrogen-bond acceptors (Lipinski definition) is 4. The van der Waals surface area contributed by atoms with E-state index < -0.39 is 5.54 Å². The molecule has 0 spiro atoms. The van der Waals surface area contributed by atoms with Crippen molar-refractivity contribution in [3.8, 4) is 0 Å². The molecular weight excluding hydrogens is 360 g/mol. The van der Waals surface area contributed by atoms with Gasteiger partial charge in [-0.2, -0.15) is 0 Å². The van der Waals surface area contributed by atoms with Gasteiger partial charge >= 0.3 is 0 Å². The summed E-state index contributed by atoms with van der Waals surface area (Å²) in [5.74, 6) is 4.65. The molecule has 4 saturated carbocycles. The SMILES string of the molecule is Cc1cccc(N2CCN(C(C)(C)C(=O)NC3C4CC5CC(C4)CC3C5)CC2)n1. The van der Waals surface area contributed by atoms with Gasteiger partial charge in [-0.3, -0.25) is 9.69 Å². The summed E-state index contributed by atoms with van der Waals surface area (Å²) in [6, 6.07) is 6.63. The number of rotatable bonds is 4. The van der Waals surface area contributed by atoms with Crippen LogP contribution in [0.3, 0.4) is 0 Å². The molecule has 6 rings (SSSR count). The highest BCUT2D eigenvalue weighted by Gasteiger charge is 2.49. The normalized spacial score (nSPS) is 34.4. The van der Waals surface area contributed by atoms with Gasteiger partial charge in [-0.05, 0) is 88.7 Å². The van der Waals surface area contributed by atoms with E-state index >= 15 is 0 Å². The van der Waals surface area contributed by atoms with Crippen molar-refractivity contribution in [2.45, 2.75) is 64.5 Å². The van der Waals surface area contributed by atoms with Crippen molar-refractivity contribution in [3.63, 3.8) is 0 Å². The van der Waals surface area contributed by atoms with E-state index in [-0.39, 0.29) is 5.91 Å². The molecule has 29 heavy (non-hydrogen) atoms. The molecule has 0 radical (unpaired) electrons. The summed E-state index contributed by atoms with van der Waals surface area (Å²) in [5, 5.41) is 3.54. The lowest BCUT2D eigenvalue weighted by Crippen LogP contribution is -2.64. The average Bonchev–Trinajstić information content (AvgIpc) is 2.70. The van der Waals surface area contributed by atoms with E-state index in [4.69, 9.17) is 0 Å². The Bertz CT molecular complexity index is 740.